The van der Waals surface area contributed by atoms with Gasteiger partial charge in [0.15, 0.2) is 0 Å². The number of aromatic amines is 1. The summed E-state index contributed by atoms with van der Waals surface area (Å²) in [5, 5.41) is 3.43. The summed E-state index contributed by atoms with van der Waals surface area (Å²) >= 11 is 11.6. The number of amides is 1. The lowest BCUT2D eigenvalue weighted by Crippen LogP contribution is -2.27. The molecule has 106 valence electrons. The molecule has 6 heteroatoms. The molecule has 2 aromatic rings. The minimum absolute atomic E-state index is 0.209. The van der Waals surface area contributed by atoms with Crippen LogP contribution in [0, 0.1) is 0 Å². The number of benzene rings is 1. The first-order valence-corrected chi connectivity index (χ1v) is 6.76. The van der Waals surface area contributed by atoms with Gasteiger partial charge in [0.25, 0.3) is 5.91 Å². The molecule has 0 aliphatic rings. The molecule has 2 rings (SSSR count). The van der Waals surface area contributed by atoms with Gasteiger partial charge in [-0.15, -0.1) is 0 Å². The molecule has 1 atom stereocenters. The van der Waals surface area contributed by atoms with Crippen molar-refractivity contribution < 1.29 is 9.53 Å². The largest absolute Gasteiger partial charge is 0.496 e. The summed E-state index contributed by atoms with van der Waals surface area (Å²) in [5.41, 5.74) is 1.22. The molecule has 1 unspecified atom stereocenters. The number of hydrogen-bond acceptors (Lipinski definition) is 2. The first kappa shape index (κ1) is 14.8. The van der Waals surface area contributed by atoms with Crippen LogP contribution < -0.4 is 10.1 Å². The minimum Gasteiger partial charge on any atom is -0.496 e. The molecule has 0 radical (unpaired) electrons. The fraction of sp³-hybridized carbons (Fsp3) is 0.214. The predicted octanol–water partition coefficient (Wildman–Crippen LogP) is 3.82. The highest BCUT2D eigenvalue weighted by molar-refractivity contribution is 6.41. The normalized spacial score (nSPS) is 12.0. The Hall–Kier alpha value is -1.65. The van der Waals surface area contributed by atoms with E-state index in [1.165, 1.54) is 6.07 Å². The second-order valence-electron chi connectivity index (χ2n) is 4.28. The van der Waals surface area contributed by atoms with Gasteiger partial charge < -0.3 is 15.0 Å². The average molecular weight is 313 g/mol. The van der Waals surface area contributed by atoms with Crippen molar-refractivity contribution in [2.24, 2.45) is 0 Å². The molecule has 0 saturated carbocycles. The maximum atomic E-state index is 12.1. The lowest BCUT2D eigenvalue weighted by atomic mass is 10.1. The molecule has 0 bridgehead atoms. The fourth-order valence-corrected chi connectivity index (χ4v) is 2.22. The molecular formula is C14H14Cl2N2O2. The molecule has 1 amide bonds. The zero-order valence-electron chi connectivity index (χ0n) is 11.0. The van der Waals surface area contributed by atoms with E-state index in [4.69, 9.17) is 27.9 Å². The van der Waals surface area contributed by atoms with Crippen LogP contribution in [0.25, 0.3) is 0 Å². The van der Waals surface area contributed by atoms with Crippen molar-refractivity contribution >= 4 is 29.1 Å². The highest BCUT2D eigenvalue weighted by Crippen LogP contribution is 2.25. The van der Waals surface area contributed by atoms with Crippen LogP contribution in [0.4, 0.5) is 0 Å². The Morgan fingerprint density at radius 2 is 2.05 bits per heavy atom. The van der Waals surface area contributed by atoms with Gasteiger partial charge in [0.05, 0.1) is 18.2 Å². The van der Waals surface area contributed by atoms with E-state index in [9.17, 15) is 4.79 Å². The molecule has 1 heterocycles. The van der Waals surface area contributed by atoms with Crippen molar-refractivity contribution in [1.29, 1.82) is 0 Å². The average Bonchev–Trinajstić information content (AvgIpc) is 2.78. The lowest BCUT2D eigenvalue weighted by molar-refractivity contribution is 0.0935. The predicted molar refractivity (Wildman–Crippen MR) is 79.7 cm³/mol. The number of carbonyl (C=O) groups is 1. The van der Waals surface area contributed by atoms with Gasteiger partial charge in [-0.05, 0) is 19.1 Å². The minimum atomic E-state index is -0.280. The zero-order valence-corrected chi connectivity index (χ0v) is 12.5. The number of halogens is 2. The van der Waals surface area contributed by atoms with Crippen LogP contribution in [0.3, 0.4) is 0 Å². The number of hydrogen-bond donors (Lipinski definition) is 2. The third-order valence-corrected chi connectivity index (χ3v) is 3.62. The summed E-state index contributed by atoms with van der Waals surface area (Å²) in [6.07, 6.45) is 0. The number of carbonyl (C=O) groups excluding carboxylic acids is 1. The Kier molecular flexibility index (Phi) is 4.57. The third kappa shape index (κ3) is 3.08. The molecule has 20 heavy (non-hydrogen) atoms. The summed E-state index contributed by atoms with van der Waals surface area (Å²) in [6.45, 7) is 1.88. The molecule has 1 aromatic heterocycles. The second kappa shape index (κ2) is 6.20. The number of methoxy groups -OCH3 is 1. The van der Waals surface area contributed by atoms with E-state index >= 15 is 0 Å². The molecule has 0 spiro atoms. The highest BCUT2D eigenvalue weighted by Gasteiger charge is 2.17. The van der Waals surface area contributed by atoms with Crippen LogP contribution in [0.2, 0.25) is 10.2 Å². The van der Waals surface area contributed by atoms with Gasteiger partial charge in [0, 0.05) is 5.56 Å². The lowest BCUT2D eigenvalue weighted by Gasteiger charge is -2.16. The van der Waals surface area contributed by atoms with E-state index < -0.39 is 0 Å². The quantitative estimate of drug-likeness (QED) is 0.901. The third-order valence-electron chi connectivity index (χ3n) is 2.92. The SMILES string of the molecule is COc1ccccc1C(C)NC(=O)c1cc(Cl)c(Cl)[nH]1. The van der Waals surface area contributed by atoms with Crippen LogP contribution in [-0.4, -0.2) is 18.0 Å². The number of para-hydroxylation sites is 1. The van der Waals surface area contributed by atoms with Gasteiger partial charge >= 0.3 is 0 Å². The van der Waals surface area contributed by atoms with Crippen LogP contribution in [-0.2, 0) is 0 Å². The number of nitrogens with one attached hydrogen (secondary N) is 2. The Bertz CT molecular complexity index is 606. The van der Waals surface area contributed by atoms with Crippen molar-refractivity contribution in [3.8, 4) is 5.75 Å². The van der Waals surface area contributed by atoms with E-state index in [1.54, 1.807) is 7.11 Å². The van der Waals surface area contributed by atoms with Crippen molar-refractivity contribution in [3.63, 3.8) is 0 Å². The summed E-state index contributed by atoms with van der Waals surface area (Å²) in [5.74, 6) is 0.444. The smallest absolute Gasteiger partial charge is 0.268 e. The molecule has 0 aliphatic heterocycles. The van der Waals surface area contributed by atoms with Crippen LogP contribution in [0.5, 0.6) is 5.75 Å². The van der Waals surface area contributed by atoms with Gasteiger partial charge in [0.1, 0.15) is 16.6 Å². The molecule has 2 N–H and O–H groups in total. The molecular weight excluding hydrogens is 299 g/mol. The fourth-order valence-electron chi connectivity index (χ4n) is 1.90. The summed E-state index contributed by atoms with van der Waals surface area (Å²) in [6, 6.07) is 8.80. The first-order chi connectivity index (χ1) is 9.52. The van der Waals surface area contributed by atoms with Crippen molar-refractivity contribution in [1.82, 2.24) is 10.3 Å². The van der Waals surface area contributed by atoms with Gasteiger partial charge in [-0.25, -0.2) is 0 Å². The van der Waals surface area contributed by atoms with Crippen molar-refractivity contribution in [2.75, 3.05) is 7.11 Å². The summed E-state index contributed by atoms with van der Waals surface area (Å²) < 4.78 is 5.28. The number of rotatable bonds is 4. The standard InChI is InChI=1S/C14H14Cl2N2O2/c1-8(9-5-3-4-6-12(9)20-2)17-14(19)11-7-10(15)13(16)18-11/h3-8,18H,1-2H3,(H,17,19). The maximum Gasteiger partial charge on any atom is 0.268 e. The molecule has 0 fully saturated rings. The van der Waals surface area contributed by atoms with Gasteiger partial charge in [-0.1, -0.05) is 41.4 Å². The first-order valence-electron chi connectivity index (χ1n) is 6.00. The van der Waals surface area contributed by atoms with Gasteiger partial charge in [0.2, 0.25) is 0 Å². The Labute approximate surface area is 127 Å². The number of aromatic nitrogens is 1. The van der Waals surface area contributed by atoms with Crippen LogP contribution in [0.15, 0.2) is 30.3 Å². The topological polar surface area (TPSA) is 54.1 Å². The van der Waals surface area contributed by atoms with E-state index in [0.29, 0.717) is 10.7 Å². The van der Waals surface area contributed by atoms with Crippen molar-refractivity contribution in [3.05, 3.63) is 51.8 Å². The molecule has 0 aliphatic carbocycles. The second-order valence-corrected chi connectivity index (χ2v) is 5.07. The number of ether oxygens (including phenoxy) is 1. The molecule has 1 aromatic carbocycles. The zero-order chi connectivity index (χ0) is 14.7. The number of H-pyrrole nitrogens is 1. The van der Waals surface area contributed by atoms with Crippen LogP contribution in [0.1, 0.15) is 29.0 Å². The van der Waals surface area contributed by atoms with E-state index in [1.807, 2.05) is 31.2 Å². The molecule has 4 nitrogen and oxygen atoms in total. The maximum absolute atomic E-state index is 12.1. The summed E-state index contributed by atoms with van der Waals surface area (Å²) in [4.78, 5) is 14.8. The van der Waals surface area contributed by atoms with E-state index in [-0.39, 0.29) is 17.1 Å². The monoisotopic (exact) mass is 312 g/mol. The van der Waals surface area contributed by atoms with E-state index in [2.05, 4.69) is 10.3 Å². The highest BCUT2D eigenvalue weighted by atomic mass is 35.5. The Morgan fingerprint density at radius 3 is 2.65 bits per heavy atom. The van der Waals surface area contributed by atoms with Crippen LogP contribution >= 0.6 is 23.2 Å². The van der Waals surface area contributed by atoms with Crippen molar-refractivity contribution in [2.45, 2.75) is 13.0 Å². The van der Waals surface area contributed by atoms with E-state index in [0.717, 1.165) is 11.3 Å². The van der Waals surface area contributed by atoms with Gasteiger partial charge in [-0.2, -0.15) is 0 Å². The Balaban J connectivity index is 2.15. The summed E-state index contributed by atoms with van der Waals surface area (Å²) in [7, 11) is 1.60. The Morgan fingerprint density at radius 1 is 1.35 bits per heavy atom. The van der Waals surface area contributed by atoms with Gasteiger partial charge in [-0.3, -0.25) is 4.79 Å². The molecule has 0 saturated heterocycles.